The molecule has 0 radical (unpaired) electrons. The Kier molecular flexibility index (Phi) is 4.33. The maximum absolute atomic E-state index is 6.06. The number of aromatic nitrogens is 1. The lowest BCUT2D eigenvalue weighted by atomic mass is 10.1. The SMILES string of the molecule is Cc1nc(Br)ccc1NC(c1ccco1)c1ccc(Cl)s1. The number of nitrogens with one attached hydrogen (secondary N) is 1. The Balaban J connectivity index is 1.96. The Morgan fingerprint density at radius 1 is 1.29 bits per heavy atom. The van der Waals surface area contributed by atoms with Crippen LogP contribution in [0.2, 0.25) is 4.34 Å². The summed E-state index contributed by atoms with van der Waals surface area (Å²) in [6.45, 7) is 1.97. The molecule has 3 rings (SSSR count). The Morgan fingerprint density at radius 3 is 2.76 bits per heavy atom. The van der Waals surface area contributed by atoms with Crippen molar-refractivity contribution in [1.82, 2.24) is 4.98 Å². The minimum absolute atomic E-state index is 0.0841. The molecule has 3 heterocycles. The van der Waals surface area contributed by atoms with E-state index in [9.17, 15) is 0 Å². The van der Waals surface area contributed by atoms with Crippen molar-refractivity contribution in [2.45, 2.75) is 13.0 Å². The number of hydrogen-bond acceptors (Lipinski definition) is 4. The molecule has 1 unspecified atom stereocenters. The minimum atomic E-state index is -0.0841. The van der Waals surface area contributed by atoms with E-state index in [-0.39, 0.29) is 6.04 Å². The lowest BCUT2D eigenvalue weighted by Gasteiger charge is -2.18. The molecule has 108 valence electrons. The maximum atomic E-state index is 6.06. The molecule has 0 aliphatic heterocycles. The van der Waals surface area contributed by atoms with Crippen molar-refractivity contribution >= 4 is 44.6 Å². The fourth-order valence-corrected chi connectivity index (χ4v) is 3.58. The molecule has 0 aromatic carbocycles. The first-order chi connectivity index (χ1) is 10.1. The summed E-state index contributed by atoms with van der Waals surface area (Å²) in [5.74, 6) is 0.843. The molecular weight excluding hydrogens is 372 g/mol. The van der Waals surface area contributed by atoms with E-state index < -0.39 is 0 Å². The Labute approximate surface area is 140 Å². The van der Waals surface area contributed by atoms with Gasteiger partial charge in [0, 0.05) is 4.88 Å². The van der Waals surface area contributed by atoms with E-state index in [2.05, 4.69) is 26.2 Å². The van der Waals surface area contributed by atoms with Crippen LogP contribution in [-0.2, 0) is 0 Å². The zero-order valence-corrected chi connectivity index (χ0v) is 14.3. The molecule has 3 aromatic rings. The van der Waals surface area contributed by atoms with Crippen molar-refractivity contribution in [2.24, 2.45) is 0 Å². The second-order valence-corrected chi connectivity index (χ2v) is 7.06. The number of pyridine rings is 1. The Morgan fingerprint density at radius 2 is 2.14 bits per heavy atom. The van der Waals surface area contributed by atoms with E-state index in [1.165, 1.54) is 11.3 Å². The van der Waals surface area contributed by atoms with Crippen molar-refractivity contribution in [3.05, 3.63) is 67.9 Å². The van der Waals surface area contributed by atoms with Crippen LogP contribution >= 0.6 is 38.9 Å². The molecular formula is C15H12BrClN2OS. The number of anilines is 1. The van der Waals surface area contributed by atoms with Gasteiger partial charge < -0.3 is 9.73 Å². The molecule has 0 aliphatic rings. The van der Waals surface area contributed by atoms with Crippen LogP contribution in [0.3, 0.4) is 0 Å². The predicted octanol–water partition coefficient (Wildman–Crippen LogP) is 5.66. The molecule has 1 N–H and O–H groups in total. The maximum Gasteiger partial charge on any atom is 0.131 e. The van der Waals surface area contributed by atoms with Crippen LogP contribution in [0.5, 0.6) is 0 Å². The molecule has 6 heteroatoms. The average molecular weight is 384 g/mol. The number of rotatable bonds is 4. The molecule has 1 atom stereocenters. The Hall–Kier alpha value is -1.30. The summed E-state index contributed by atoms with van der Waals surface area (Å²) in [7, 11) is 0. The van der Waals surface area contributed by atoms with Crippen molar-refractivity contribution in [3.8, 4) is 0 Å². The first-order valence-electron chi connectivity index (χ1n) is 6.32. The Bertz CT molecular complexity index is 742. The topological polar surface area (TPSA) is 38.1 Å². The van der Waals surface area contributed by atoms with E-state index in [1.54, 1.807) is 6.26 Å². The van der Waals surface area contributed by atoms with Crippen molar-refractivity contribution < 1.29 is 4.42 Å². The molecule has 3 aromatic heterocycles. The first-order valence-corrected chi connectivity index (χ1v) is 8.30. The molecule has 0 bridgehead atoms. The van der Waals surface area contributed by atoms with Gasteiger partial charge in [-0.3, -0.25) is 0 Å². The lowest BCUT2D eigenvalue weighted by Crippen LogP contribution is -2.11. The van der Waals surface area contributed by atoms with Crippen LogP contribution in [0.1, 0.15) is 22.4 Å². The van der Waals surface area contributed by atoms with Crippen LogP contribution in [0.15, 0.2) is 51.7 Å². The van der Waals surface area contributed by atoms with Crippen LogP contribution in [0.4, 0.5) is 5.69 Å². The fourth-order valence-electron chi connectivity index (χ4n) is 2.06. The molecule has 21 heavy (non-hydrogen) atoms. The number of furan rings is 1. The smallest absolute Gasteiger partial charge is 0.131 e. The van der Waals surface area contributed by atoms with E-state index in [1.807, 2.05) is 43.3 Å². The second kappa shape index (κ2) is 6.22. The highest BCUT2D eigenvalue weighted by Crippen LogP contribution is 2.34. The van der Waals surface area contributed by atoms with Gasteiger partial charge in [-0.2, -0.15) is 0 Å². The summed E-state index contributed by atoms with van der Waals surface area (Å²) in [6, 6.07) is 11.6. The summed E-state index contributed by atoms with van der Waals surface area (Å²) >= 11 is 11.0. The highest BCUT2D eigenvalue weighted by molar-refractivity contribution is 9.10. The third kappa shape index (κ3) is 3.31. The molecule has 0 spiro atoms. The van der Waals surface area contributed by atoms with E-state index in [0.29, 0.717) is 0 Å². The first kappa shape index (κ1) is 14.6. The standard InChI is InChI=1S/C15H12BrClN2OS/c1-9-10(4-6-13(16)18-9)19-15(11-3-2-8-20-11)12-5-7-14(17)21-12/h2-8,15,19H,1H3. The van der Waals surface area contributed by atoms with Crippen LogP contribution in [0.25, 0.3) is 0 Å². The van der Waals surface area contributed by atoms with E-state index >= 15 is 0 Å². The highest BCUT2D eigenvalue weighted by atomic mass is 79.9. The van der Waals surface area contributed by atoms with Gasteiger partial charge in [0.15, 0.2) is 0 Å². The van der Waals surface area contributed by atoms with E-state index in [0.717, 1.165) is 31.0 Å². The quantitative estimate of drug-likeness (QED) is 0.591. The number of aryl methyl sites for hydroxylation is 1. The lowest BCUT2D eigenvalue weighted by molar-refractivity contribution is 0.500. The third-order valence-corrected chi connectivity index (χ3v) is 4.80. The predicted molar refractivity (Wildman–Crippen MR) is 90.2 cm³/mol. The van der Waals surface area contributed by atoms with Crippen molar-refractivity contribution in [3.63, 3.8) is 0 Å². The zero-order valence-electron chi connectivity index (χ0n) is 11.1. The monoisotopic (exact) mass is 382 g/mol. The van der Waals surface area contributed by atoms with Crippen LogP contribution in [-0.4, -0.2) is 4.98 Å². The molecule has 0 amide bonds. The molecule has 0 saturated heterocycles. The van der Waals surface area contributed by atoms with Gasteiger partial charge in [-0.25, -0.2) is 4.98 Å². The number of halogens is 2. The van der Waals surface area contributed by atoms with Gasteiger partial charge in [0.05, 0.1) is 22.0 Å². The van der Waals surface area contributed by atoms with Gasteiger partial charge in [-0.05, 0) is 59.3 Å². The van der Waals surface area contributed by atoms with Crippen molar-refractivity contribution in [1.29, 1.82) is 0 Å². The fraction of sp³-hybridized carbons (Fsp3) is 0.133. The summed E-state index contributed by atoms with van der Waals surface area (Å²) in [5.41, 5.74) is 1.88. The minimum Gasteiger partial charge on any atom is -0.467 e. The summed E-state index contributed by atoms with van der Waals surface area (Å²) < 4.78 is 7.14. The van der Waals surface area contributed by atoms with Gasteiger partial charge in [-0.15, -0.1) is 11.3 Å². The molecule has 0 aliphatic carbocycles. The number of nitrogens with zero attached hydrogens (tertiary/aromatic N) is 1. The number of hydrogen-bond donors (Lipinski definition) is 1. The average Bonchev–Trinajstić information content (AvgIpc) is 3.09. The number of thiophene rings is 1. The molecule has 3 nitrogen and oxygen atoms in total. The van der Waals surface area contributed by atoms with Gasteiger partial charge >= 0.3 is 0 Å². The van der Waals surface area contributed by atoms with Crippen LogP contribution < -0.4 is 5.32 Å². The molecule has 0 fully saturated rings. The van der Waals surface area contributed by atoms with Gasteiger partial charge in [0.25, 0.3) is 0 Å². The van der Waals surface area contributed by atoms with E-state index in [4.69, 9.17) is 16.0 Å². The normalized spacial score (nSPS) is 12.3. The molecule has 0 saturated carbocycles. The van der Waals surface area contributed by atoms with Gasteiger partial charge in [0.1, 0.15) is 16.4 Å². The summed E-state index contributed by atoms with van der Waals surface area (Å²) in [4.78, 5) is 5.50. The largest absolute Gasteiger partial charge is 0.467 e. The van der Waals surface area contributed by atoms with Crippen LogP contribution in [0, 0.1) is 6.92 Å². The summed E-state index contributed by atoms with van der Waals surface area (Å²) in [6.07, 6.45) is 1.67. The second-order valence-electron chi connectivity index (χ2n) is 4.50. The highest BCUT2D eigenvalue weighted by Gasteiger charge is 2.19. The summed E-state index contributed by atoms with van der Waals surface area (Å²) in [5, 5.41) is 3.48. The zero-order chi connectivity index (χ0) is 14.8. The third-order valence-electron chi connectivity index (χ3n) is 3.06. The van der Waals surface area contributed by atoms with Crippen molar-refractivity contribution in [2.75, 3.05) is 5.32 Å². The van der Waals surface area contributed by atoms with Gasteiger partial charge in [-0.1, -0.05) is 11.6 Å². The van der Waals surface area contributed by atoms with Gasteiger partial charge in [0.2, 0.25) is 0 Å².